The van der Waals surface area contributed by atoms with Gasteiger partial charge in [-0.1, -0.05) is 17.7 Å². The van der Waals surface area contributed by atoms with Crippen LogP contribution in [-0.4, -0.2) is 18.1 Å². The van der Waals surface area contributed by atoms with E-state index in [1.165, 1.54) is 36.2 Å². The molecule has 2 heteroatoms. The fourth-order valence-corrected chi connectivity index (χ4v) is 2.79. The van der Waals surface area contributed by atoms with Crippen molar-refractivity contribution in [2.24, 2.45) is 0 Å². The molecule has 1 saturated heterocycles. The molecule has 1 aromatic carbocycles. The zero-order valence-corrected chi connectivity index (χ0v) is 13.1. The van der Waals surface area contributed by atoms with Crippen LogP contribution >= 0.6 is 0 Å². The molecule has 0 aliphatic carbocycles. The summed E-state index contributed by atoms with van der Waals surface area (Å²) < 4.78 is 0. The van der Waals surface area contributed by atoms with E-state index in [9.17, 15) is 0 Å². The molecule has 0 saturated carbocycles. The van der Waals surface area contributed by atoms with Crippen molar-refractivity contribution in [3.8, 4) is 0 Å². The Balaban J connectivity index is 2.22. The fourth-order valence-electron chi connectivity index (χ4n) is 2.79. The highest BCUT2D eigenvalue weighted by Gasteiger charge is 2.22. The van der Waals surface area contributed by atoms with Crippen LogP contribution in [0.15, 0.2) is 18.2 Å². The van der Waals surface area contributed by atoms with Crippen molar-refractivity contribution >= 4 is 5.69 Å². The predicted octanol–water partition coefficient (Wildman–Crippen LogP) is 3.87. The highest BCUT2D eigenvalue weighted by atomic mass is 15.2. The molecule has 106 valence electrons. The van der Waals surface area contributed by atoms with Gasteiger partial charge >= 0.3 is 0 Å². The van der Waals surface area contributed by atoms with Crippen molar-refractivity contribution in [2.75, 3.05) is 11.4 Å². The minimum absolute atomic E-state index is 0.164. The summed E-state index contributed by atoms with van der Waals surface area (Å²) in [7, 11) is 0. The molecule has 2 nitrogen and oxygen atoms in total. The second-order valence-electron chi connectivity index (χ2n) is 6.92. The smallest absolute Gasteiger partial charge is 0.0414 e. The third-order valence-corrected chi connectivity index (χ3v) is 3.91. The summed E-state index contributed by atoms with van der Waals surface area (Å²) in [6.07, 6.45) is 2.64. The molecular weight excluding hydrogens is 232 g/mol. The Morgan fingerprint density at radius 3 is 2.63 bits per heavy atom. The Morgan fingerprint density at radius 1 is 1.32 bits per heavy atom. The number of aryl methyl sites for hydroxylation is 1. The molecule has 1 heterocycles. The first-order chi connectivity index (χ1) is 8.87. The molecule has 19 heavy (non-hydrogen) atoms. The van der Waals surface area contributed by atoms with E-state index >= 15 is 0 Å². The van der Waals surface area contributed by atoms with Gasteiger partial charge in [-0.05, 0) is 59.1 Å². The van der Waals surface area contributed by atoms with E-state index in [4.69, 9.17) is 0 Å². The summed E-state index contributed by atoms with van der Waals surface area (Å²) in [6.45, 7) is 13.3. The largest absolute Gasteiger partial charge is 0.369 e. The van der Waals surface area contributed by atoms with Crippen LogP contribution in [0.2, 0.25) is 0 Å². The number of rotatable bonds is 3. The quantitative estimate of drug-likeness (QED) is 0.887. The van der Waals surface area contributed by atoms with Crippen LogP contribution in [0.3, 0.4) is 0 Å². The van der Waals surface area contributed by atoms with Crippen LogP contribution < -0.4 is 10.2 Å². The van der Waals surface area contributed by atoms with Crippen molar-refractivity contribution in [3.63, 3.8) is 0 Å². The number of nitrogens with one attached hydrogen (secondary N) is 1. The van der Waals surface area contributed by atoms with Gasteiger partial charge in [-0.3, -0.25) is 0 Å². The Bertz CT molecular complexity index is 431. The maximum absolute atomic E-state index is 3.62. The molecule has 1 aliphatic heterocycles. The lowest BCUT2D eigenvalue weighted by molar-refractivity contribution is 0.424. The van der Waals surface area contributed by atoms with Crippen LogP contribution in [0, 0.1) is 6.92 Å². The molecular formula is C17H28N2. The topological polar surface area (TPSA) is 15.3 Å². The standard InChI is InChI=1S/C17H28N2/c1-13-8-9-16(19-10-6-7-14(19)2)15(11-13)12-18-17(3,4)5/h8-9,11,14,18H,6-7,10,12H2,1-5H3. The maximum atomic E-state index is 3.62. The van der Waals surface area contributed by atoms with Crippen LogP contribution in [-0.2, 0) is 6.54 Å². The molecule has 0 aromatic heterocycles. The zero-order valence-electron chi connectivity index (χ0n) is 13.1. The lowest BCUT2D eigenvalue weighted by Gasteiger charge is -2.28. The van der Waals surface area contributed by atoms with E-state index in [-0.39, 0.29) is 5.54 Å². The summed E-state index contributed by atoms with van der Waals surface area (Å²) in [5, 5.41) is 3.62. The van der Waals surface area contributed by atoms with E-state index in [0.29, 0.717) is 6.04 Å². The summed E-state index contributed by atoms with van der Waals surface area (Å²) in [6, 6.07) is 7.55. The van der Waals surface area contributed by atoms with Gasteiger partial charge in [-0.2, -0.15) is 0 Å². The number of nitrogens with zero attached hydrogens (tertiary/aromatic N) is 1. The Hall–Kier alpha value is -1.02. The van der Waals surface area contributed by atoms with E-state index in [2.05, 4.69) is 63.0 Å². The van der Waals surface area contributed by atoms with Crippen molar-refractivity contribution in [1.82, 2.24) is 5.32 Å². The normalized spacial score (nSPS) is 20.1. The Morgan fingerprint density at radius 2 is 2.05 bits per heavy atom. The van der Waals surface area contributed by atoms with Crippen molar-refractivity contribution in [2.45, 2.75) is 65.6 Å². The summed E-state index contributed by atoms with van der Waals surface area (Å²) in [5.41, 5.74) is 4.37. The van der Waals surface area contributed by atoms with Crippen LogP contribution in [0.25, 0.3) is 0 Å². The summed E-state index contributed by atoms with van der Waals surface area (Å²) >= 11 is 0. The summed E-state index contributed by atoms with van der Waals surface area (Å²) in [4.78, 5) is 2.57. The molecule has 2 rings (SSSR count). The zero-order chi connectivity index (χ0) is 14.0. The first kappa shape index (κ1) is 14.4. The number of benzene rings is 1. The van der Waals surface area contributed by atoms with Gasteiger partial charge in [0.25, 0.3) is 0 Å². The molecule has 1 aromatic rings. The average Bonchev–Trinajstić information content (AvgIpc) is 2.72. The van der Waals surface area contributed by atoms with Gasteiger partial charge in [0.05, 0.1) is 0 Å². The monoisotopic (exact) mass is 260 g/mol. The lowest BCUT2D eigenvalue weighted by atomic mass is 10.0. The third-order valence-electron chi connectivity index (χ3n) is 3.91. The molecule has 1 N–H and O–H groups in total. The number of hydrogen-bond donors (Lipinski definition) is 1. The lowest BCUT2D eigenvalue weighted by Crippen LogP contribution is -2.36. The van der Waals surface area contributed by atoms with Gasteiger partial charge in [0.2, 0.25) is 0 Å². The molecule has 0 amide bonds. The van der Waals surface area contributed by atoms with E-state index in [1.54, 1.807) is 0 Å². The van der Waals surface area contributed by atoms with Crippen molar-refractivity contribution in [3.05, 3.63) is 29.3 Å². The van der Waals surface area contributed by atoms with Gasteiger partial charge in [0, 0.05) is 30.4 Å². The highest BCUT2D eigenvalue weighted by Crippen LogP contribution is 2.29. The van der Waals surface area contributed by atoms with Gasteiger partial charge in [-0.25, -0.2) is 0 Å². The van der Waals surface area contributed by atoms with E-state index in [0.717, 1.165) is 6.54 Å². The maximum Gasteiger partial charge on any atom is 0.0414 e. The minimum Gasteiger partial charge on any atom is -0.369 e. The first-order valence-corrected chi connectivity index (χ1v) is 7.48. The number of hydrogen-bond acceptors (Lipinski definition) is 2. The van der Waals surface area contributed by atoms with E-state index < -0.39 is 0 Å². The second kappa shape index (κ2) is 5.54. The number of anilines is 1. The van der Waals surface area contributed by atoms with Gasteiger partial charge in [0.15, 0.2) is 0 Å². The van der Waals surface area contributed by atoms with Crippen LogP contribution in [0.5, 0.6) is 0 Å². The molecule has 0 bridgehead atoms. The third kappa shape index (κ3) is 3.73. The average molecular weight is 260 g/mol. The van der Waals surface area contributed by atoms with Crippen LogP contribution in [0.1, 0.15) is 51.7 Å². The minimum atomic E-state index is 0.164. The highest BCUT2D eigenvalue weighted by molar-refractivity contribution is 5.56. The van der Waals surface area contributed by atoms with Gasteiger partial charge in [0.1, 0.15) is 0 Å². The first-order valence-electron chi connectivity index (χ1n) is 7.48. The van der Waals surface area contributed by atoms with Crippen LogP contribution in [0.4, 0.5) is 5.69 Å². The van der Waals surface area contributed by atoms with Gasteiger partial charge < -0.3 is 10.2 Å². The van der Waals surface area contributed by atoms with Crippen molar-refractivity contribution < 1.29 is 0 Å². The molecule has 0 radical (unpaired) electrons. The molecule has 1 atom stereocenters. The molecule has 1 unspecified atom stereocenters. The molecule has 1 aliphatic rings. The fraction of sp³-hybridized carbons (Fsp3) is 0.647. The molecule has 0 spiro atoms. The molecule has 1 fully saturated rings. The Labute approximate surface area is 118 Å². The SMILES string of the molecule is Cc1ccc(N2CCCC2C)c(CNC(C)(C)C)c1. The Kier molecular flexibility index (Phi) is 4.19. The van der Waals surface area contributed by atoms with Gasteiger partial charge in [-0.15, -0.1) is 0 Å². The van der Waals surface area contributed by atoms with E-state index in [1.807, 2.05) is 0 Å². The summed E-state index contributed by atoms with van der Waals surface area (Å²) in [5.74, 6) is 0. The second-order valence-corrected chi connectivity index (χ2v) is 6.92. The predicted molar refractivity (Wildman–Crippen MR) is 83.8 cm³/mol. The van der Waals surface area contributed by atoms with Crippen molar-refractivity contribution in [1.29, 1.82) is 0 Å².